The van der Waals surface area contributed by atoms with Gasteiger partial charge in [0.15, 0.2) is 0 Å². The molecule has 2 atom stereocenters. The van der Waals surface area contributed by atoms with Crippen LogP contribution in [0.1, 0.15) is 79.1 Å². The molecule has 3 aromatic carbocycles. The Labute approximate surface area is 333 Å². The van der Waals surface area contributed by atoms with E-state index in [-0.39, 0.29) is 41.9 Å². The average Bonchev–Trinajstić information content (AvgIpc) is 3.86. The first-order chi connectivity index (χ1) is 26.2. The van der Waals surface area contributed by atoms with Crippen LogP contribution in [0.3, 0.4) is 0 Å². The lowest BCUT2D eigenvalue weighted by molar-refractivity contribution is 0.125. The SMILES string of the molecule is CC(C)(C)c1cc(CN(C[C@@H](Cc2ccccc2)NC(=O)OCc2cncs2)C[C@@H](Cc2ccccc2)NC(=O)OCc2cncs2)c(O)c(C(C)(C)C)c1. The molecule has 2 aromatic heterocycles. The summed E-state index contributed by atoms with van der Waals surface area (Å²) in [7, 11) is 0. The molecule has 55 heavy (non-hydrogen) atoms. The van der Waals surface area contributed by atoms with Gasteiger partial charge in [-0.2, -0.15) is 0 Å². The topological polar surface area (TPSA) is 126 Å². The molecule has 0 aliphatic heterocycles. The van der Waals surface area contributed by atoms with Crippen molar-refractivity contribution in [2.75, 3.05) is 13.1 Å². The molecule has 0 saturated carbocycles. The van der Waals surface area contributed by atoms with Gasteiger partial charge in [-0.1, -0.05) is 114 Å². The smallest absolute Gasteiger partial charge is 0.407 e. The maximum atomic E-state index is 13.3. The third-order valence-electron chi connectivity index (χ3n) is 9.17. The first kappa shape index (κ1) is 41.4. The summed E-state index contributed by atoms with van der Waals surface area (Å²) in [6.07, 6.45) is 3.37. The van der Waals surface area contributed by atoms with Gasteiger partial charge >= 0.3 is 12.2 Å². The quantitative estimate of drug-likeness (QED) is 0.0908. The van der Waals surface area contributed by atoms with Crippen molar-refractivity contribution in [1.82, 2.24) is 25.5 Å². The average molecular weight is 784 g/mol. The number of nitrogens with zero attached hydrogens (tertiary/aromatic N) is 3. The molecule has 10 nitrogen and oxygen atoms in total. The first-order valence-electron chi connectivity index (χ1n) is 18.5. The van der Waals surface area contributed by atoms with Gasteiger partial charge in [-0.05, 0) is 45.9 Å². The molecular weight excluding hydrogens is 731 g/mol. The number of carbonyl (C=O) groups is 2. The molecule has 3 N–H and O–H groups in total. The highest BCUT2D eigenvalue weighted by Crippen LogP contribution is 2.38. The summed E-state index contributed by atoms with van der Waals surface area (Å²) in [6, 6.07) is 23.4. The summed E-state index contributed by atoms with van der Waals surface area (Å²) in [5.41, 5.74) is 7.77. The van der Waals surface area contributed by atoms with Crippen LogP contribution in [-0.2, 0) is 52.9 Å². The number of benzene rings is 3. The zero-order valence-electron chi connectivity index (χ0n) is 32.6. The number of aromatic hydroxyl groups is 1. The fourth-order valence-electron chi connectivity index (χ4n) is 6.32. The van der Waals surface area contributed by atoms with Crippen LogP contribution in [-0.4, -0.2) is 57.3 Å². The number of aromatic nitrogens is 2. The molecule has 0 saturated heterocycles. The van der Waals surface area contributed by atoms with Crippen LogP contribution in [0.5, 0.6) is 5.75 Å². The lowest BCUT2D eigenvalue weighted by Crippen LogP contribution is -2.50. The van der Waals surface area contributed by atoms with Crippen molar-refractivity contribution in [2.24, 2.45) is 0 Å². The Morgan fingerprint density at radius 3 is 1.60 bits per heavy atom. The second kappa shape index (κ2) is 19.2. The van der Waals surface area contributed by atoms with Gasteiger partial charge in [0.1, 0.15) is 19.0 Å². The normalized spacial score (nSPS) is 12.9. The van der Waals surface area contributed by atoms with Crippen LogP contribution in [0.15, 0.2) is 96.2 Å². The Hall–Kier alpha value is -4.78. The highest BCUT2D eigenvalue weighted by Gasteiger charge is 2.28. The predicted molar refractivity (Wildman–Crippen MR) is 220 cm³/mol. The van der Waals surface area contributed by atoms with E-state index in [0.29, 0.717) is 32.5 Å². The first-order valence-corrected chi connectivity index (χ1v) is 20.3. The number of thiazole rings is 2. The lowest BCUT2D eigenvalue weighted by Gasteiger charge is -2.33. The molecule has 292 valence electrons. The van der Waals surface area contributed by atoms with E-state index in [4.69, 9.17) is 9.47 Å². The molecular formula is C43H53N5O5S2. The van der Waals surface area contributed by atoms with Gasteiger partial charge in [-0.3, -0.25) is 14.9 Å². The number of nitrogens with one attached hydrogen (secondary N) is 2. The number of ether oxygens (including phenoxy) is 2. The molecule has 5 rings (SSSR count). The molecule has 0 bridgehead atoms. The predicted octanol–water partition coefficient (Wildman–Crippen LogP) is 8.78. The van der Waals surface area contributed by atoms with Gasteiger partial charge in [0.25, 0.3) is 0 Å². The highest BCUT2D eigenvalue weighted by molar-refractivity contribution is 7.09. The maximum absolute atomic E-state index is 13.3. The third kappa shape index (κ3) is 13.2. The maximum Gasteiger partial charge on any atom is 0.407 e. The van der Waals surface area contributed by atoms with Crippen molar-refractivity contribution < 1.29 is 24.2 Å². The van der Waals surface area contributed by atoms with E-state index in [1.807, 2.05) is 60.7 Å². The minimum Gasteiger partial charge on any atom is -0.507 e. The van der Waals surface area contributed by atoms with Gasteiger partial charge in [0.05, 0.1) is 20.8 Å². The number of phenols is 1. The number of alkyl carbamates (subject to hydrolysis) is 2. The van der Waals surface area contributed by atoms with Gasteiger partial charge < -0.3 is 25.2 Å². The van der Waals surface area contributed by atoms with Gasteiger partial charge in [0, 0.05) is 49.7 Å². The number of carbonyl (C=O) groups excluding carboxylic acids is 2. The van der Waals surface area contributed by atoms with Crippen molar-refractivity contribution in [3.05, 3.63) is 134 Å². The molecule has 5 aromatic rings. The molecule has 0 aliphatic rings. The fraction of sp³-hybridized carbons (Fsp3) is 0.395. The Bertz CT molecular complexity index is 1830. The van der Waals surface area contributed by atoms with Crippen molar-refractivity contribution in [3.8, 4) is 5.75 Å². The minimum absolute atomic E-state index is 0.119. The van der Waals surface area contributed by atoms with Crippen LogP contribution in [0.25, 0.3) is 0 Å². The second-order valence-corrected chi connectivity index (χ2v) is 17.8. The van der Waals surface area contributed by atoms with Crippen LogP contribution in [0.4, 0.5) is 9.59 Å². The van der Waals surface area contributed by atoms with E-state index in [1.165, 1.54) is 22.7 Å². The van der Waals surface area contributed by atoms with Crippen LogP contribution in [0, 0.1) is 0 Å². The summed E-state index contributed by atoms with van der Waals surface area (Å²) < 4.78 is 11.3. The van der Waals surface area contributed by atoms with Crippen LogP contribution >= 0.6 is 22.7 Å². The second-order valence-electron chi connectivity index (χ2n) is 15.9. The van der Waals surface area contributed by atoms with Gasteiger partial charge in [0.2, 0.25) is 0 Å². The minimum atomic E-state index is -0.535. The van der Waals surface area contributed by atoms with E-state index in [9.17, 15) is 14.7 Å². The Morgan fingerprint density at radius 1 is 0.727 bits per heavy atom. The molecule has 0 aliphatic carbocycles. The van der Waals surface area contributed by atoms with Gasteiger partial charge in [-0.25, -0.2) is 9.59 Å². The largest absolute Gasteiger partial charge is 0.507 e. The van der Waals surface area contributed by atoms with E-state index in [0.717, 1.165) is 37.6 Å². The third-order valence-corrected chi connectivity index (χ3v) is 10.7. The molecule has 2 heterocycles. The van der Waals surface area contributed by atoms with E-state index >= 15 is 0 Å². The molecule has 2 amide bonds. The Kier molecular flexibility index (Phi) is 14.4. The summed E-state index contributed by atoms with van der Waals surface area (Å²) >= 11 is 2.85. The molecule has 0 radical (unpaired) electrons. The van der Waals surface area contributed by atoms with Crippen molar-refractivity contribution >= 4 is 34.9 Å². The van der Waals surface area contributed by atoms with Crippen LogP contribution in [0.2, 0.25) is 0 Å². The summed E-state index contributed by atoms with van der Waals surface area (Å²) in [5.74, 6) is 0.249. The zero-order chi connectivity index (χ0) is 39.4. The lowest BCUT2D eigenvalue weighted by atomic mass is 9.79. The number of phenolic OH excluding ortho intramolecular Hbond substituents is 1. The van der Waals surface area contributed by atoms with E-state index in [2.05, 4.69) is 79.2 Å². The fourth-order valence-corrected chi connectivity index (χ4v) is 7.34. The highest BCUT2D eigenvalue weighted by atomic mass is 32.1. The zero-order valence-corrected chi connectivity index (χ0v) is 34.2. The Morgan fingerprint density at radius 2 is 1.20 bits per heavy atom. The summed E-state index contributed by atoms with van der Waals surface area (Å²) in [6.45, 7) is 14.2. The molecule has 0 spiro atoms. The number of amides is 2. The summed E-state index contributed by atoms with van der Waals surface area (Å²) in [4.78, 5) is 38.7. The molecule has 0 unspecified atom stereocenters. The summed E-state index contributed by atoms with van der Waals surface area (Å²) in [5, 5.41) is 18.2. The molecule has 0 fully saturated rings. The number of hydrogen-bond acceptors (Lipinski definition) is 10. The Balaban J connectivity index is 1.49. The number of rotatable bonds is 16. The van der Waals surface area contributed by atoms with Crippen molar-refractivity contribution in [3.63, 3.8) is 0 Å². The van der Waals surface area contributed by atoms with E-state index < -0.39 is 12.2 Å². The monoisotopic (exact) mass is 783 g/mol. The standard InChI is InChI=1S/C43H53N5O5S2/c1-42(2,3)33-19-32(39(49)38(20-33)43(4,5)6)23-48(24-34(17-30-13-9-7-10-14-30)46-40(50)52-26-36-21-44-28-54-36)25-35(18-31-15-11-8-12-16-31)47-41(51)53-27-37-22-45-29-55-37/h7-16,19-22,28-29,34-35,49H,17-18,23-27H2,1-6H3,(H,46,50)(H,47,51)/t34-,35-/m1/s1. The number of hydrogen-bond donors (Lipinski definition) is 3. The van der Waals surface area contributed by atoms with Gasteiger partial charge in [-0.15, -0.1) is 22.7 Å². The van der Waals surface area contributed by atoms with Crippen molar-refractivity contribution in [2.45, 2.75) is 97.1 Å². The molecule has 12 heteroatoms. The van der Waals surface area contributed by atoms with Crippen molar-refractivity contribution in [1.29, 1.82) is 0 Å². The van der Waals surface area contributed by atoms with Crippen LogP contribution < -0.4 is 10.6 Å². The van der Waals surface area contributed by atoms with E-state index in [1.54, 1.807) is 23.4 Å².